The lowest BCUT2D eigenvalue weighted by Gasteiger charge is -2.10. The highest BCUT2D eigenvalue weighted by Crippen LogP contribution is 2.21. The first-order valence-corrected chi connectivity index (χ1v) is 7.32. The van der Waals surface area contributed by atoms with Crippen LogP contribution < -0.4 is 5.43 Å². The molecule has 1 aliphatic rings. The van der Waals surface area contributed by atoms with E-state index in [1.54, 1.807) is 19.1 Å². The van der Waals surface area contributed by atoms with E-state index < -0.39 is 0 Å². The molecule has 0 saturated heterocycles. The van der Waals surface area contributed by atoms with Gasteiger partial charge in [-0.15, -0.1) is 0 Å². The summed E-state index contributed by atoms with van der Waals surface area (Å²) < 4.78 is 12.9. The van der Waals surface area contributed by atoms with Crippen LogP contribution in [-0.4, -0.2) is 21.8 Å². The molecule has 1 aliphatic carbocycles. The molecule has 0 atom stereocenters. The van der Waals surface area contributed by atoms with E-state index in [9.17, 15) is 9.18 Å². The van der Waals surface area contributed by atoms with Crippen LogP contribution in [0.25, 0.3) is 0 Å². The zero-order chi connectivity index (χ0) is 15.5. The minimum Gasteiger partial charge on any atom is -0.281 e. The Morgan fingerprint density at radius 1 is 1.27 bits per heavy atom. The number of carbonyl (C=O) groups is 1. The van der Waals surface area contributed by atoms with Gasteiger partial charge in [0.25, 0.3) is 5.91 Å². The fraction of sp³-hybridized carbons (Fsp3) is 0.312. The number of amides is 1. The molecule has 1 amide bonds. The molecule has 0 bridgehead atoms. The summed E-state index contributed by atoms with van der Waals surface area (Å²) in [6.07, 6.45) is 4.01. The van der Waals surface area contributed by atoms with Crippen molar-refractivity contribution in [3.05, 3.63) is 52.6 Å². The molecule has 1 aromatic heterocycles. The molecule has 0 saturated carbocycles. The number of fused-ring (bicyclic) bond motifs is 1. The fourth-order valence-corrected chi connectivity index (χ4v) is 2.61. The number of rotatable bonds is 3. The van der Waals surface area contributed by atoms with Crippen LogP contribution in [0.3, 0.4) is 0 Å². The Labute approximate surface area is 127 Å². The van der Waals surface area contributed by atoms with Crippen molar-refractivity contribution in [3.63, 3.8) is 0 Å². The molecule has 0 fully saturated rings. The van der Waals surface area contributed by atoms with Gasteiger partial charge in [0.1, 0.15) is 5.82 Å². The molecule has 0 radical (unpaired) electrons. The lowest BCUT2D eigenvalue weighted by Crippen LogP contribution is -2.21. The number of halogens is 1. The second-order valence-corrected chi connectivity index (χ2v) is 5.38. The van der Waals surface area contributed by atoms with Crippen LogP contribution in [-0.2, 0) is 12.8 Å². The molecular formula is C16H17FN4O. The molecule has 2 aromatic rings. The Morgan fingerprint density at radius 3 is 2.77 bits per heavy atom. The van der Waals surface area contributed by atoms with Crippen LogP contribution in [0.1, 0.15) is 47.1 Å². The maximum absolute atomic E-state index is 12.9. The van der Waals surface area contributed by atoms with E-state index in [-0.39, 0.29) is 11.7 Å². The third kappa shape index (κ3) is 2.90. The standard InChI is InChI=1S/C16H17FN4O/c1-10(11-6-8-12(17)9-7-11)18-21-16(22)15-13-4-2-3-5-14(13)19-20-15/h6-9H,2-5H2,1H3,(H,19,20)(H,21,22)/b18-10+. The molecule has 114 valence electrons. The minimum atomic E-state index is -0.319. The maximum Gasteiger partial charge on any atom is 0.292 e. The van der Waals surface area contributed by atoms with Crippen molar-refractivity contribution in [2.24, 2.45) is 5.10 Å². The highest BCUT2D eigenvalue weighted by Gasteiger charge is 2.21. The van der Waals surface area contributed by atoms with Gasteiger partial charge in [0, 0.05) is 11.3 Å². The van der Waals surface area contributed by atoms with Gasteiger partial charge in [-0.2, -0.15) is 10.2 Å². The van der Waals surface area contributed by atoms with E-state index in [0.29, 0.717) is 11.4 Å². The number of carbonyl (C=O) groups excluding carboxylic acids is 1. The lowest BCUT2D eigenvalue weighted by molar-refractivity contribution is 0.0948. The van der Waals surface area contributed by atoms with E-state index in [1.807, 2.05) is 0 Å². The number of benzene rings is 1. The largest absolute Gasteiger partial charge is 0.292 e. The molecule has 1 heterocycles. The van der Waals surface area contributed by atoms with Crippen molar-refractivity contribution < 1.29 is 9.18 Å². The highest BCUT2D eigenvalue weighted by atomic mass is 19.1. The number of hydrogen-bond donors (Lipinski definition) is 2. The van der Waals surface area contributed by atoms with Gasteiger partial charge in [0.05, 0.1) is 5.71 Å². The number of nitrogens with zero attached hydrogens (tertiary/aromatic N) is 2. The Bertz CT molecular complexity index is 718. The number of H-pyrrole nitrogens is 1. The summed E-state index contributed by atoms with van der Waals surface area (Å²) >= 11 is 0. The first kappa shape index (κ1) is 14.4. The molecule has 0 unspecified atom stereocenters. The monoisotopic (exact) mass is 300 g/mol. The van der Waals surface area contributed by atoms with Gasteiger partial charge in [-0.25, -0.2) is 9.82 Å². The highest BCUT2D eigenvalue weighted by molar-refractivity contribution is 6.00. The summed E-state index contributed by atoms with van der Waals surface area (Å²) in [7, 11) is 0. The van der Waals surface area contributed by atoms with E-state index >= 15 is 0 Å². The fourth-order valence-electron chi connectivity index (χ4n) is 2.61. The third-order valence-corrected chi connectivity index (χ3v) is 3.86. The van der Waals surface area contributed by atoms with E-state index in [2.05, 4.69) is 20.7 Å². The number of hydrogen-bond acceptors (Lipinski definition) is 3. The number of aromatic nitrogens is 2. The van der Waals surface area contributed by atoms with E-state index in [0.717, 1.165) is 42.5 Å². The SMILES string of the molecule is C/C(=N\NC(=O)c1n[nH]c2c1CCCC2)c1ccc(F)cc1. The van der Waals surface area contributed by atoms with E-state index in [4.69, 9.17) is 0 Å². The van der Waals surface area contributed by atoms with Crippen molar-refractivity contribution in [3.8, 4) is 0 Å². The van der Waals surface area contributed by atoms with Crippen LogP contribution in [0.15, 0.2) is 29.4 Å². The van der Waals surface area contributed by atoms with Gasteiger partial charge in [-0.3, -0.25) is 9.89 Å². The molecule has 0 aliphatic heterocycles. The molecule has 0 spiro atoms. The topological polar surface area (TPSA) is 70.1 Å². The zero-order valence-corrected chi connectivity index (χ0v) is 12.3. The molecule has 1 aromatic carbocycles. The minimum absolute atomic E-state index is 0.302. The van der Waals surface area contributed by atoms with Crippen molar-refractivity contribution >= 4 is 11.6 Å². The average Bonchev–Trinajstić information content (AvgIpc) is 2.97. The Balaban J connectivity index is 1.73. The summed E-state index contributed by atoms with van der Waals surface area (Å²) in [6, 6.07) is 5.97. The van der Waals surface area contributed by atoms with Crippen LogP contribution >= 0.6 is 0 Å². The smallest absolute Gasteiger partial charge is 0.281 e. The first-order valence-electron chi connectivity index (χ1n) is 7.32. The Morgan fingerprint density at radius 2 is 2.00 bits per heavy atom. The number of nitrogens with one attached hydrogen (secondary N) is 2. The first-order chi connectivity index (χ1) is 10.6. The zero-order valence-electron chi connectivity index (χ0n) is 12.3. The molecule has 6 heteroatoms. The van der Waals surface area contributed by atoms with Gasteiger partial charge in [0.2, 0.25) is 0 Å². The molecule has 5 nitrogen and oxygen atoms in total. The van der Waals surface area contributed by atoms with Crippen LogP contribution in [0.2, 0.25) is 0 Å². The lowest BCUT2D eigenvalue weighted by atomic mass is 9.96. The van der Waals surface area contributed by atoms with Crippen LogP contribution in [0.4, 0.5) is 4.39 Å². The van der Waals surface area contributed by atoms with Gasteiger partial charge < -0.3 is 0 Å². The predicted molar refractivity (Wildman–Crippen MR) is 81.3 cm³/mol. The predicted octanol–water partition coefficient (Wildman–Crippen LogP) is 2.58. The molecular weight excluding hydrogens is 283 g/mol. The summed E-state index contributed by atoms with van der Waals surface area (Å²) in [4.78, 5) is 12.2. The number of aromatic amines is 1. The Kier molecular flexibility index (Phi) is 4.00. The average molecular weight is 300 g/mol. The summed E-state index contributed by atoms with van der Waals surface area (Å²) in [5, 5.41) is 11.1. The quantitative estimate of drug-likeness (QED) is 0.675. The van der Waals surface area contributed by atoms with Crippen molar-refractivity contribution in [2.45, 2.75) is 32.6 Å². The Hall–Kier alpha value is -2.50. The molecule has 2 N–H and O–H groups in total. The van der Waals surface area contributed by atoms with Gasteiger partial charge in [-0.05, 0) is 50.3 Å². The molecule has 22 heavy (non-hydrogen) atoms. The van der Waals surface area contributed by atoms with Gasteiger partial charge in [0.15, 0.2) is 5.69 Å². The van der Waals surface area contributed by atoms with E-state index in [1.165, 1.54) is 12.1 Å². The third-order valence-electron chi connectivity index (χ3n) is 3.86. The van der Waals surface area contributed by atoms with Gasteiger partial charge in [-0.1, -0.05) is 12.1 Å². The second-order valence-electron chi connectivity index (χ2n) is 5.38. The van der Waals surface area contributed by atoms with Gasteiger partial charge >= 0.3 is 0 Å². The normalized spacial score (nSPS) is 14.5. The van der Waals surface area contributed by atoms with Crippen LogP contribution in [0.5, 0.6) is 0 Å². The molecule has 3 rings (SSSR count). The van der Waals surface area contributed by atoms with Crippen molar-refractivity contribution in [1.82, 2.24) is 15.6 Å². The second kappa shape index (κ2) is 6.09. The van der Waals surface area contributed by atoms with Crippen molar-refractivity contribution in [1.29, 1.82) is 0 Å². The van der Waals surface area contributed by atoms with Crippen LogP contribution in [0, 0.1) is 5.82 Å². The number of hydrazone groups is 1. The summed E-state index contributed by atoms with van der Waals surface area (Å²) in [5.74, 6) is -0.621. The summed E-state index contributed by atoms with van der Waals surface area (Å²) in [6.45, 7) is 1.76. The summed E-state index contributed by atoms with van der Waals surface area (Å²) in [5.41, 5.74) is 6.36. The number of aryl methyl sites for hydroxylation is 1. The van der Waals surface area contributed by atoms with Crippen molar-refractivity contribution in [2.75, 3.05) is 0 Å². The maximum atomic E-state index is 12.9.